The standard InChI is InChI=1S/C34H32F2N4O2S2/c1-34(2,3)23-10-7-21(8-11-23)24-17-22(9-12-26(24)35)31-25(14-20-6-13-30(44-37)27(36)15-20)29(16-19-4-5-19)40(39-31)33-38-28(18-43-33)32(41)42/h6-13,15,17-19H,4-5,14,16,37H2,1-3H3,(H,41,42). The molecule has 0 saturated heterocycles. The van der Waals surface area contributed by atoms with E-state index in [9.17, 15) is 14.3 Å². The third-order valence-corrected chi connectivity index (χ3v) is 9.37. The van der Waals surface area contributed by atoms with Crippen LogP contribution in [0.1, 0.15) is 66.5 Å². The van der Waals surface area contributed by atoms with Crippen LogP contribution < -0.4 is 5.14 Å². The summed E-state index contributed by atoms with van der Waals surface area (Å²) in [5, 5.41) is 22.1. The number of aromatic nitrogens is 3. The van der Waals surface area contributed by atoms with E-state index < -0.39 is 11.8 Å². The van der Waals surface area contributed by atoms with Crippen LogP contribution in [0.15, 0.2) is 70.9 Å². The molecule has 6 nitrogen and oxygen atoms in total. The molecule has 0 unspecified atom stereocenters. The molecule has 0 amide bonds. The first-order valence-corrected chi connectivity index (χ1v) is 16.1. The van der Waals surface area contributed by atoms with E-state index in [1.165, 1.54) is 28.8 Å². The molecule has 0 atom stereocenters. The van der Waals surface area contributed by atoms with Gasteiger partial charge in [-0.05, 0) is 89.6 Å². The van der Waals surface area contributed by atoms with Crippen LogP contribution in [-0.2, 0) is 18.3 Å². The Bertz CT molecular complexity index is 1850. The van der Waals surface area contributed by atoms with Gasteiger partial charge in [-0.25, -0.2) is 23.2 Å². The number of nitrogens with zero attached hydrogens (tertiary/aromatic N) is 3. The molecule has 5 aromatic rings. The molecular weight excluding hydrogens is 599 g/mol. The second-order valence-corrected chi connectivity index (χ2v) is 13.7. The van der Waals surface area contributed by atoms with Gasteiger partial charge in [0.1, 0.15) is 11.6 Å². The Hall–Kier alpha value is -3.86. The van der Waals surface area contributed by atoms with Crippen molar-refractivity contribution in [2.24, 2.45) is 11.1 Å². The van der Waals surface area contributed by atoms with E-state index in [4.69, 9.17) is 10.2 Å². The highest BCUT2D eigenvalue weighted by molar-refractivity contribution is 7.97. The smallest absolute Gasteiger partial charge is 0.355 e. The molecular formula is C34H32F2N4O2S2. The van der Waals surface area contributed by atoms with Crippen molar-refractivity contribution < 1.29 is 18.7 Å². The number of hydrogen-bond acceptors (Lipinski definition) is 6. The summed E-state index contributed by atoms with van der Waals surface area (Å²) in [6.07, 6.45) is 3.25. The molecule has 2 heterocycles. The van der Waals surface area contributed by atoms with Crippen LogP contribution >= 0.6 is 23.3 Å². The molecule has 1 aliphatic rings. The molecule has 44 heavy (non-hydrogen) atoms. The number of carbonyl (C=O) groups is 1. The average Bonchev–Trinajstić information content (AvgIpc) is 3.55. The Kier molecular flexibility index (Phi) is 8.17. The average molecular weight is 631 g/mol. The first kappa shape index (κ1) is 30.2. The highest BCUT2D eigenvalue weighted by Gasteiger charge is 2.30. The number of benzene rings is 3. The first-order chi connectivity index (χ1) is 21.0. The Balaban J connectivity index is 1.51. The predicted molar refractivity (Wildman–Crippen MR) is 171 cm³/mol. The number of nitrogens with two attached hydrogens (primary N) is 1. The topological polar surface area (TPSA) is 94.0 Å². The van der Waals surface area contributed by atoms with Crippen LogP contribution in [0.25, 0.3) is 27.5 Å². The lowest BCUT2D eigenvalue weighted by molar-refractivity contribution is 0.0691. The van der Waals surface area contributed by atoms with Gasteiger partial charge >= 0.3 is 5.97 Å². The van der Waals surface area contributed by atoms with Gasteiger partial charge < -0.3 is 5.11 Å². The summed E-state index contributed by atoms with van der Waals surface area (Å²) in [5.74, 6) is -1.40. The zero-order valence-corrected chi connectivity index (χ0v) is 26.2. The molecule has 10 heteroatoms. The second-order valence-electron chi connectivity index (χ2n) is 12.2. The van der Waals surface area contributed by atoms with Crippen LogP contribution in [0.4, 0.5) is 8.78 Å². The minimum atomic E-state index is -1.11. The van der Waals surface area contributed by atoms with Crippen LogP contribution in [0.3, 0.4) is 0 Å². The van der Waals surface area contributed by atoms with E-state index in [-0.39, 0.29) is 16.9 Å². The minimum absolute atomic E-state index is 0.0323. The number of hydrogen-bond donors (Lipinski definition) is 2. The molecule has 0 bridgehead atoms. The van der Waals surface area contributed by atoms with Crippen molar-refractivity contribution in [2.75, 3.05) is 0 Å². The summed E-state index contributed by atoms with van der Waals surface area (Å²) >= 11 is 2.06. The number of halogens is 2. The fourth-order valence-electron chi connectivity index (χ4n) is 5.32. The van der Waals surface area contributed by atoms with E-state index in [1.54, 1.807) is 22.9 Å². The Morgan fingerprint density at radius 2 is 1.77 bits per heavy atom. The lowest BCUT2D eigenvalue weighted by Crippen LogP contribution is -2.10. The maximum Gasteiger partial charge on any atom is 0.355 e. The molecule has 3 aromatic carbocycles. The molecule has 0 radical (unpaired) electrons. The first-order valence-electron chi connectivity index (χ1n) is 14.4. The highest BCUT2D eigenvalue weighted by atomic mass is 32.2. The van der Waals surface area contributed by atoms with Gasteiger partial charge in [-0.2, -0.15) is 5.10 Å². The molecule has 0 aliphatic heterocycles. The van der Waals surface area contributed by atoms with Gasteiger partial charge in [-0.3, -0.25) is 5.14 Å². The fourth-order valence-corrected chi connectivity index (χ4v) is 6.41. The summed E-state index contributed by atoms with van der Waals surface area (Å²) < 4.78 is 31.9. The van der Waals surface area contributed by atoms with Gasteiger partial charge in [0.25, 0.3) is 0 Å². The summed E-state index contributed by atoms with van der Waals surface area (Å²) in [6, 6.07) is 17.9. The van der Waals surface area contributed by atoms with Gasteiger partial charge in [0.2, 0.25) is 5.13 Å². The van der Waals surface area contributed by atoms with Crippen molar-refractivity contribution >= 4 is 29.3 Å². The predicted octanol–water partition coefficient (Wildman–Crippen LogP) is 8.45. The highest BCUT2D eigenvalue weighted by Crippen LogP contribution is 2.39. The number of rotatable bonds is 9. The SMILES string of the molecule is CC(C)(C)c1ccc(-c2cc(-c3nn(-c4nc(C(=O)O)cs4)c(CC4CC4)c3Cc3ccc(SN)c(F)c3)ccc2F)cc1. The van der Waals surface area contributed by atoms with Gasteiger partial charge in [0.15, 0.2) is 5.69 Å². The van der Waals surface area contributed by atoms with Gasteiger partial charge in [0, 0.05) is 28.5 Å². The summed E-state index contributed by atoms with van der Waals surface area (Å²) in [4.78, 5) is 16.4. The third-order valence-electron chi connectivity index (χ3n) is 7.97. The number of carboxylic acid groups (broad SMARTS) is 1. The van der Waals surface area contributed by atoms with Crippen molar-refractivity contribution in [3.63, 3.8) is 0 Å². The monoisotopic (exact) mass is 630 g/mol. The molecule has 2 aromatic heterocycles. The van der Waals surface area contributed by atoms with Gasteiger partial charge in [-0.1, -0.05) is 51.1 Å². The zero-order chi connectivity index (χ0) is 31.2. The van der Waals surface area contributed by atoms with Crippen molar-refractivity contribution in [3.05, 3.63) is 106 Å². The Labute approximate surface area is 263 Å². The van der Waals surface area contributed by atoms with Crippen LogP contribution in [0.5, 0.6) is 0 Å². The molecule has 1 saturated carbocycles. The number of aromatic carboxylic acids is 1. The lowest BCUT2D eigenvalue weighted by atomic mass is 9.86. The summed E-state index contributed by atoms with van der Waals surface area (Å²) in [7, 11) is 0. The maximum atomic E-state index is 15.3. The zero-order valence-electron chi connectivity index (χ0n) is 24.6. The van der Waals surface area contributed by atoms with Crippen molar-refractivity contribution in [1.82, 2.24) is 14.8 Å². The summed E-state index contributed by atoms with van der Waals surface area (Å²) in [6.45, 7) is 6.41. The molecule has 3 N–H and O–H groups in total. The van der Waals surface area contributed by atoms with Crippen LogP contribution in [0, 0.1) is 17.6 Å². The van der Waals surface area contributed by atoms with Crippen molar-refractivity contribution in [2.45, 2.75) is 56.8 Å². The number of carboxylic acids is 1. The molecule has 1 fully saturated rings. The van der Waals surface area contributed by atoms with Crippen molar-refractivity contribution in [3.8, 4) is 27.5 Å². The number of thiazole rings is 1. The normalized spacial score (nSPS) is 13.4. The van der Waals surface area contributed by atoms with E-state index in [0.29, 0.717) is 45.6 Å². The van der Waals surface area contributed by atoms with Gasteiger partial charge in [0.05, 0.1) is 16.3 Å². The maximum absolute atomic E-state index is 15.3. The fraction of sp³-hybridized carbons (Fsp3) is 0.265. The minimum Gasteiger partial charge on any atom is -0.476 e. The molecule has 0 spiro atoms. The Morgan fingerprint density at radius 1 is 1.05 bits per heavy atom. The van der Waals surface area contributed by atoms with Crippen molar-refractivity contribution in [1.29, 1.82) is 0 Å². The van der Waals surface area contributed by atoms with E-state index in [2.05, 4.69) is 25.8 Å². The largest absolute Gasteiger partial charge is 0.476 e. The second kappa shape index (κ2) is 11.9. The third kappa shape index (κ3) is 6.20. The molecule has 226 valence electrons. The van der Waals surface area contributed by atoms with E-state index in [1.807, 2.05) is 30.3 Å². The lowest BCUT2D eigenvalue weighted by Gasteiger charge is -2.19. The van der Waals surface area contributed by atoms with Crippen LogP contribution in [0.2, 0.25) is 0 Å². The summed E-state index contributed by atoms with van der Waals surface area (Å²) in [5.41, 5.74) is 6.10. The van der Waals surface area contributed by atoms with E-state index >= 15 is 4.39 Å². The van der Waals surface area contributed by atoms with Gasteiger partial charge in [-0.15, -0.1) is 11.3 Å². The quantitative estimate of drug-likeness (QED) is 0.159. The molecule has 1 aliphatic carbocycles. The molecule has 6 rings (SSSR count). The van der Waals surface area contributed by atoms with E-state index in [0.717, 1.165) is 52.7 Å². The Morgan fingerprint density at radius 3 is 2.39 bits per heavy atom. The van der Waals surface area contributed by atoms with Crippen LogP contribution in [-0.4, -0.2) is 25.8 Å².